The lowest BCUT2D eigenvalue weighted by molar-refractivity contribution is -0.146. The van der Waals surface area contributed by atoms with Crippen molar-refractivity contribution in [3.8, 4) is 0 Å². The normalized spacial score (nSPS) is 11.4. The number of hydrogen-bond donors (Lipinski definition) is 2. The topological polar surface area (TPSA) is 74.6 Å². The maximum atomic E-state index is 10.6. The molecule has 4 rings (SSSR count). The Morgan fingerprint density at radius 3 is 1.81 bits per heavy atom. The van der Waals surface area contributed by atoms with E-state index in [0.29, 0.717) is 5.56 Å². The van der Waals surface area contributed by atoms with Gasteiger partial charge in [-0.15, -0.1) is 0 Å². The van der Waals surface area contributed by atoms with Gasteiger partial charge in [0, 0.05) is 5.56 Å². The van der Waals surface area contributed by atoms with Gasteiger partial charge < -0.3 is 10.2 Å². The molecule has 0 aliphatic rings. The number of aliphatic carboxylic acids is 1. The molecule has 0 saturated heterocycles. The number of rotatable bonds is 3. The zero-order valence-corrected chi connectivity index (χ0v) is 14.4. The second-order valence-electron chi connectivity index (χ2n) is 6.07. The predicted octanol–water partition coefficient (Wildman–Crippen LogP) is 4.61. The van der Waals surface area contributed by atoms with Crippen LogP contribution in [0.3, 0.4) is 0 Å². The van der Waals surface area contributed by atoms with E-state index in [1.807, 2.05) is 66.7 Å². The second kappa shape index (κ2) is 8.25. The van der Waals surface area contributed by atoms with Gasteiger partial charge in [0.2, 0.25) is 0 Å². The number of aliphatic hydroxyl groups excluding tert-OH is 1. The number of carbonyl (C=O) groups is 2. The Bertz CT molecular complexity index is 1100. The van der Waals surface area contributed by atoms with E-state index in [9.17, 15) is 14.7 Å². The molecular formula is C23H18O4. The highest BCUT2D eigenvalue weighted by molar-refractivity contribution is 5.88. The van der Waals surface area contributed by atoms with Gasteiger partial charge in [0.05, 0.1) is 0 Å². The van der Waals surface area contributed by atoms with Crippen molar-refractivity contribution < 1.29 is 19.8 Å². The molecule has 134 valence electrons. The molecule has 4 aromatic carbocycles. The molecule has 0 fully saturated rings. The lowest BCUT2D eigenvalue weighted by Gasteiger charge is -2.06. The Labute approximate surface area is 156 Å². The molecule has 1 atom stereocenters. The number of carbonyl (C=O) groups excluding carboxylic acids is 1. The van der Waals surface area contributed by atoms with Crippen LogP contribution in [0.4, 0.5) is 0 Å². The molecule has 27 heavy (non-hydrogen) atoms. The fourth-order valence-corrected chi connectivity index (χ4v) is 2.80. The van der Waals surface area contributed by atoms with Crippen LogP contribution in [0.25, 0.3) is 21.5 Å². The van der Waals surface area contributed by atoms with Crippen LogP contribution in [-0.4, -0.2) is 22.5 Å². The smallest absolute Gasteiger partial charge is 0.337 e. The number of fused-ring (bicyclic) bond motifs is 2. The fraction of sp³-hybridized carbons (Fsp3) is 0.0435. The highest BCUT2D eigenvalue weighted by atomic mass is 16.4. The summed E-state index contributed by atoms with van der Waals surface area (Å²) in [6.07, 6.45) is -0.582. The monoisotopic (exact) mass is 358 g/mol. The second-order valence-corrected chi connectivity index (χ2v) is 6.07. The van der Waals surface area contributed by atoms with Crippen LogP contribution in [0.15, 0.2) is 84.9 Å². The average Bonchev–Trinajstić information content (AvgIpc) is 2.72. The predicted molar refractivity (Wildman–Crippen MR) is 106 cm³/mol. The first-order valence-electron chi connectivity index (χ1n) is 8.42. The summed E-state index contributed by atoms with van der Waals surface area (Å²) in [5.41, 5.74) is 1.13. The first-order chi connectivity index (χ1) is 13.1. The summed E-state index contributed by atoms with van der Waals surface area (Å²) in [5, 5.41) is 22.3. The lowest BCUT2D eigenvalue weighted by atomic mass is 10.0. The standard InChI is InChI=1S/C12H10O3.C11H8O/c13-11(12(14)15)10-6-5-8-3-1-2-4-9(8)7-10;12-8-9-5-6-10-3-1-2-4-11(10)7-9/h1-7,11,13H,(H,14,15);1-8H. The molecule has 0 bridgehead atoms. The van der Waals surface area contributed by atoms with Crippen molar-refractivity contribution in [2.75, 3.05) is 0 Å². The number of carboxylic acid groups (broad SMARTS) is 1. The Kier molecular flexibility index (Phi) is 5.59. The third-order valence-corrected chi connectivity index (χ3v) is 4.23. The maximum absolute atomic E-state index is 10.6. The Morgan fingerprint density at radius 2 is 1.26 bits per heavy atom. The van der Waals surface area contributed by atoms with Crippen molar-refractivity contribution >= 4 is 33.8 Å². The van der Waals surface area contributed by atoms with Crippen LogP contribution in [0.5, 0.6) is 0 Å². The first kappa shape index (κ1) is 18.3. The Balaban J connectivity index is 0.000000159. The number of hydrogen-bond acceptors (Lipinski definition) is 3. The van der Waals surface area contributed by atoms with Crippen LogP contribution in [0.1, 0.15) is 22.0 Å². The van der Waals surface area contributed by atoms with Crippen LogP contribution in [-0.2, 0) is 4.79 Å². The molecular weight excluding hydrogens is 340 g/mol. The Morgan fingerprint density at radius 1 is 0.741 bits per heavy atom. The summed E-state index contributed by atoms with van der Waals surface area (Å²) in [6, 6.07) is 26.4. The molecule has 0 amide bonds. The minimum atomic E-state index is -1.45. The van der Waals surface area contributed by atoms with Crippen LogP contribution >= 0.6 is 0 Å². The SMILES string of the molecule is O=C(O)C(O)c1ccc2ccccc2c1.O=Cc1ccc2ccccc2c1. The van der Waals surface area contributed by atoms with E-state index in [2.05, 4.69) is 0 Å². The fourth-order valence-electron chi connectivity index (χ4n) is 2.80. The van der Waals surface area contributed by atoms with Gasteiger partial charge in [-0.25, -0.2) is 4.79 Å². The largest absolute Gasteiger partial charge is 0.479 e. The Hall–Kier alpha value is -3.50. The third kappa shape index (κ3) is 4.37. The molecule has 2 N–H and O–H groups in total. The van der Waals surface area contributed by atoms with Crippen molar-refractivity contribution in [1.29, 1.82) is 0 Å². The van der Waals surface area contributed by atoms with Gasteiger partial charge in [0.1, 0.15) is 6.29 Å². The van der Waals surface area contributed by atoms with Crippen LogP contribution in [0.2, 0.25) is 0 Å². The van der Waals surface area contributed by atoms with E-state index in [-0.39, 0.29) is 0 Å². The molecule has 4 aromatic rings. The maximum Gasteiger partial charge on any atom is 0.337 e. The van der Waals surface area contributed by atoms with Crippen LogP contribution < -0.4 is 0 Å². The highest BCUT2D eigenvalue weighted by Gasteiger charge is 2.15. The van der Waals surface area contributed by atoms with E-state index in [1.165, 1.54) is 5.39 Å². The van der Waals surface area contributed by atoms with E-state index >= 15 is 0 Å². The summed E-state index contributed by atoms with van der Waals surface area (Å²) in [4.78, 5) is 21.0. The van der Waals surface area contributed by atoms with Crippen molar-refractivity contribution in [3.63, 3.8) is 0 Å². The third-order valence-electron chi connectivity index (χ3n) is 4.23. The lowest BCUT2D eigenvalue weighted by Crippen LogP contribution is -2.10. The number of aldehydes is 1. The van der Waals surface area contributed by atoms with Gasteiger partial charge in [0.15, 0.2) is 6.10 Å². The van der Waals surface area contributed by atoms with Gasteiger partial charge >= 0.3 is 5.97 Å². The quantitative estimate of drug-likeness (QED) is 0.525. The summed E-state index contributed by atoms with van der Waals surface area (Å²) in [5.74, 6) is -1.23. The molecule has 0 saturated carbocycles. The molecule has 0 spiro atoms. The van der Waals surface area contributed by atoms with E-state index in [0.717, 1.165) is 28.0 Å². The highest BCUT2D eigenvalue weighted by Crippen LogP contribution is 2.20. The van der Waals surface area contributed by atoms with Crippen molar-refractivity contribution in [2.24, 2.45) is 0 Å². The van der Waals surface area contributed by atoms with Gasteiger partial charge in [-0.3, -0.25) is 4.79 Å². The molecule has 4 heteroatoms. The minimum absolute atomic E-state index is 0.404. The average molecular weight is 358 g/mol. The minimum Gasteiger partial charge on any atom is -0.479 e. The molecule has 0 radical (unpaired) electrons. The van der Waals surface area contributed by atoms with Crippen molar-refractivity contribution in [2.45, 2.75) is 6.10 Å². The van der Waals surface area contributed by atoms with Gasteiger partial charge in [0.25, 0.3) is 0 Å². The summed E-state index contributed by atoms with van der Waals surface area (Å²) >= 11 is 0. The van der Waals surface area contributed by atoms with Crippen LogP contribution in [0, 0.1) is 0 Å². The number of carboxylic acids is 1. The van der Waals surface area contributed by atoms with E-state index < -0.39 is 12.1 Å². The molecule has 0 aliphatic heterocycles. The zero-order valence-electron chi connectivity index (χ0n) is 14.4. The summed E-state index contributed by atoms with van der Waals surface area (Å²) in [6.45, 7) is 0. The molecule has 1 unspecified atom stereocenters. The first-order valence-corrected chi connectivity index (χ1v) is 8.42. The van der Waals surface area contributed by atoms with Gasteiger partial charge in [-0.05, 0) is 39.2 Å². The van der Waals surface area contributed by atoms with Crippen molar-refractivity contribution in [1.82, 2.24) is 0 Å². The van der Waals surface area contributed by atoms with E-state index in [1.54, 1.807) is 18.2 Å². The van der Waals surface area contributed by atoms with Gasteiger partial charge in [-0.2, -0.15) is 0 Å². The van der Waals surface area contributed by atoms with E-state index in [4.69, 9.17) is 5.11 Å². The number of aliphatic hydroxyl groups is 1. The molecule has 0 aliphatic carbocycles. The molecule has 4 nitrogen and oxygen atoms in total. The zero-order chi connectivity index (χ0) is 19.2. The van der Waals surface area contributed by atoms with Gasteiger partial charge in [-0.1, -0.05) is 72.8 Å². The molecule has 0 aromatic heterocycles. The molecule has 0 heterocycles. The summed E-state index contributed by atoms with van der Waals surface area (Å²) in [7, 11) is 0. The summed E-state index contributed by atoms with van der Waals surface area (Å²) < 4.78 is 0. The number of benzene rings is 4. The van der Waals surface area contributed by atoms with Crippen molar-refractivity contribution in [3.05, 3.63) is 96.1 Å².